The van der Waals surface area contributed by atoms with Crippen molar-refractivity contribution in [2.24, 2.45) is 17.8 Å². The highest BCUT2D eigenvalue weighted by Crippen LogP contribution is 2.56. The van der Waals surface area contributed by atoms with Crippen LogP contribution in [-0.2, 0) is 19.1 Å². The molecule has 4 aliphatic rings. The molecule has 3 amide bonds. The van der Waals surface area contributed by atoms with Gasteiger partial charge in [0.1, 0.15) is 11.6 Å². The molecule has 1 spiro atoms. The number of benzene rings is 1. The number of nitrogens with zero attached hydrogens (tertiary/aromatic N) is 1. The zero-order chi connectivity index (χ0) is 26.7. The lowest BCUT2D eigenvalue weighted by molar-refractivity contribution is -0.147. The van der Waals surface area contributed by atoms with Crippen LogP contribution in [0.25, 0.3) is 0 Å². The van der Waals surface area contributed by atoms with E-state index < -0.39 is 35.1 Å². The van der Waals surface area contributed by atoms with Gasteiger partial charge in [0.2, 0.25) is 17.7 Å². The van der Waals surface area contributed by atoms with E-state index >= 15 is 0 Å². The molecule has 7 heteroatoms. The Kier molecular flexibility index (Phi) is 6.50. The summed E-state index contributed by atoms with van der Waals surface area (Å²) in [7, 11) is 0. The Morgan fingerprint density at radius 1 is 1.08 bits per heavy atom. The Labute approximate surface area is 220 Å². The first kappa shape index (κ1) is 26.0. The molecule has 1 saturated carbocycles. The van der Waals surface area contributed by atoms with Crippen molar-refractivity contribution in [1.29, 1.82) is 0 Å². The number of amides is 3. The van der Waals surface area contributed by atoms with Gasteiger partial charge in [-0.15, -0.1) is 0 Å². The number of nitrogens with one attached hydrogen (secondary N) is 2. The molecule has 2 bridgehead atoms. The van der Waals surface area contributed by atoms with Crippen LogP contribution >= 0.6 is 0 Å². The number of ether oxygens (including phenoxy) is 1. The monoisotopic (exact) mass is 507 g/mol. The lowest BCUT2D eigenvalue weighted by Gasteiger charge is -2.41. The molecule has 0 aromatic heterocycles. The lowest BCUT2D eigenvalue weighted by Crippen LogP contribution is -2.61. The molecule has 1 aliphatic carbocycles. The third-order valence-corrected chi connectivity index (χ3v) is 8.83. The molecule has 1 aromatic rings. The van der Waals surface area contributed by atoms with Crippen LogP contribution in [-0.4, -0.2) is 51.9 Å². The van der Waals surface area contributed by atoms with Crippen molar-refractivity contribution in [3.05, 3.63) is 42.0 Å². The first-order chi connectivity index (χ1) is 17.4. The van der Waals surface area contributed by atoms with Gasteiger partial charge in [-0.3, -0.25) is 14.4 Å². The maximum Gasteiger partial charge on any atom is 0.246 e. The van der Waals surface area contributed by atoms with Crippen molar-refractivity contribution < 1.29 is 19.1 Å². The Morgan fingerprint density at radius 2 is 1.76 bits per heavy atom. The van der Waals surface area contributed by atoms with Crippen LogP contribution in [0.1, 0.15) is 78.7 Å². The fraction of sp³-hybridized carbons (Fsp3) is 0.633. The molecule has 3 fully saturated rings. The SMILES string of the molecule is CC(C)c1ccc(NC(=O)[C@@H]2[C@@H]3C=C[C@]4(O3)[C@@H]2C(=O)N(C(C)(C)C)[C@H]4C(=O)N[C@H]2CCCC[C@@H]2C)cc1. The molecular formula is C30H41N3O4. The molecule has 1 aromatic carbocycles. The van der Waals surface area contributed by atoms with Gasteiger partial charge < -0.3 is 20.3 Å². The highest BCUT2D eigenvalue weighted by molar-refractivity contribution is 6.03. The maximum atomic E-state index is 14.0. The third-order valence-electron chi connectivity index (χ3n) is 8.83. The second kappa shape index (κ2) is 9.26. The van der Waals surface area contributed by atoms with E-state index in [1.165, 1.54) is 12.0 Å². The van der Waals surface area contributed by atoms with E-state index in [0.717, 1.165) is 19.3 Å². The number of fused-ring (bicyclic) bond motifs is 1. The standard InChI is InChI=1S/C30H41N3O4/c1-17(2)19-11-13-20(14-12-19)31-26(34)23-22-15-16-30(37-22)24(23)28(36)33(29(4,5)6)25(30)27(35)32-21-10-8-7-9-18(21)3/h11-18,21-25H,7-10H2,1-6H3,(H,31,34)(H,32,35)/t18-,21-,22-,23+,24-,25-,30-/m0/s1. The Morgan fingerprint density at radius 3 is 2.38 bits per heavy atom. The molecule has 3 aliphatic heterocycles. The quantitative estimate of drug-likeness (QED) is 0.579. The molecule has 37 heavy (non-hydrogen) atoms. The lowest BCUT2D eigenvalue weighted by atomic mass is 9.74. The summed E-state index contributed by atoms with van der Waals surface area (Å²) >= 11 is 0. The highest BCUT2D eigenvalue weighted by atomic mass is 16.5. The van der Waals surface area contributed by atoms with Crippen LogP contribution in [0.4, 0.5) is 5.69 Å². The second-order valence-electron chi connectivity index (χ2n) is 12.7. The minimum atomic E-state index is -1.14. The smallest absolute Gasteiger partial charge is 0.246 e. The van der Waals surface area contributed by atoms with E-state index in [0.29, 0.717) is 17.5 Å². The largest absolute Gasteiger partial charge is 0.359 e. The van der Waals surface area contributed by atoms with E-state index in [2.05, 4.69) is 31.4 Å². The predicted octanol–water partition coefficient (Wildman–Crippen LogP) is 4.39. The van der Waals surface area contributed by atoms with Crippen LogP contribution in [0.5, 0.6) is 0 Å². The number of hydrogen-bond donors (Lipinski definition) is 2. The summed E-state index contributed by atoms with van der Waals surface area (Å²) in [6, 6.07) is 7.08. The molecule has 0 radical (unpaired) electrons. The fourth-order valence-electron chi connectivity index (χ4n) is 6.86. The van der Waals surface area contributed by atoms with E-state index in [1.807, 2.05) is 57.2 Å². The number of carbonyl (C=O) groups excluding carboxylic acids is 3. The number of rotatable bonds is 5. The fourth-order valence-corrected chi connectivity index (χ4v) is 6.86. The number of hydrogen-bond acceptors (Lipinski definition) is 4. The van der Waals surface area contributed by atoms with Gasteiger partial charge in [0.25, 0.3) is 0 Å². The molecule has 0 unspecified atom stereocenters. The normalized spacial score (nSPS) is 34.7. The van der Waals surface area contributed by atoms with Crippen molar-refractivity contribution in [2.75, 3.05) is 5.32 Å². The summed E-state index contributed by atoms with van der Waals surface area (Å²) in [5.41, 5.74) is 0.129. The average molecular weight is 508 g/mol. The molecule has 7 atom stereocenters. The summed E-state index contributed by atoms with van der Waals surface area (Å²) in [6.45, 7) is 12.2. The molecule has 200 valence electrons. The maximum absolute atomic E-state index is 14.0. The van der Waals surface area contributed by atoms with E-state index in [4.69, 9.17) is 4.74 Å². The van der Waals surface area contributed by atoms with Gasteiger partial charge in [-0.2, -0.15) is 0 Å². The van der Waals surface area contributed by atoms with Crippen LogP contribution in [0, 0.1) is 17.8 Å². The molecule has 5 rings (SSSR count). The van der Waals surface area contributed by atoms with Crippen molar-refractivity contribution in [2.45, 2.75) is 102 Å². The number of likely N-dealkylation sites (tertiary alicyclic amines) is 1. The van der Waals surface area contributed by atoms with Gasteiger partial charge in [-0.25, -0.2) is 0 Å². The Balaban J connectivity index is 1.43. The first-order valence-electron chi connectivity index (χ1n) is 13.9. The van der Waals surface area contributed by atoms with Crippen LogP contribution in [0.2, 0.25) is 0 Å². The van der Waals surface area contributed by atoms with Crippen molar-refractivity contribution in [1.82, 2.24) is 10.2 Å². The molecule has 7 nitrogen and oxygen atoms in total. The topological polar surface area (TPSA) is 87.7 Å². The van der Waals surface area contributed by atoms with Gasteiger partial charge in [-0.05, 0) is 63.1 Å². The summed E-state index contributed by atoms with van der Waals surface area (Å²) < 4.78 is 6.46. The first-order valence-corrected chi connectivity index (χ1v) is 13.9. The minimum absolute atomic E-state index is 0.0871. The minimum Gasteiger partial charge on any atom is -0.359 e. The molecule has 2 saturated heterocycles. The van der Waals surface area contributed by atoms with Crippen molar-refractivity contribution in [3.63, 3.8) is 0 Å². The molecule has 3 heterocycles. The average Bonchev–Trinajstić information content (AvgIpc) is 3.48. The summed E-state index contributed by atoms with van der Waals surface area (Å²) in [5.74, 6) is -1.26. The van der Waals surface area contributed by atoms with Gasteiger partial charge in [0, 0.05) is 17.3 Å². The zero-order valence-corrected chi connectivity index (χ0v) is 22.9. The summed E-state index contributed by atoms with van der Waals surface area (Å²) in [6.07, 6.45) is 7.51. The van der Waals surface area contributed by atoms with Gasteiger partial charge >= 0.3 is 0 Å². The van der Waals surface area contributed by atoms with Gasteiger partial charge in [0.15, 0.2) is 0 Å². The van der Waals surface area contributed by atoms with E-state index in [-0.39, 0.29) is 23.8 Å². The Hall–Kier alpha value is -2.67. The third kappa shape index (κ3) is 4.29. The van der Waals surface area contributed by atoms with E-state index in [1.54, 1.807) is 4.90 Å². The second-order valence-corrected chi connectivity index (χ2v) is 12.7. The highest BCUT2D eigenvalue weighted by Gasteiger charge is 2.74. The zero-order valence-electron chi connectivity index (χ0n) is 22.9. The molecule has 2 N–H and O–H groups in total. The molecular weight excluding hydrogens is 466 g/mol. The Bertz CT molecular complexity index is 1100. The van der Waals surface area contributed by atoms with Gasteiger partial charge in [-0.1, -0.05) is 57.9 Å². The summed E-state index contributed by atoms with van der Waals surface area (Å²) in [4.78, 5) is 43.2. The van der Waals surface area contributed by atoms with Crippen molar-refractivity contribution in [3.8, 4) is 0 Å². The number of anilines is 1. The number of carbonyl (C=O) groups is 3. The van der Waals surface area contributed by atoms with Crippen LogP contribution < -0.4 is 10.6 Å². The van der Waals surface area contributed by atoms with Crippen LogP contribution in [0.3, 0.4) is 0 Å². The van der Waals surface area contributed by atoms with E-state index in [9.17, 15) is 14.4 Å². The van der Waals surface area contributed by atoms with Crippen molar-refractivity contribution >= 4 is 23.4 Å². The summed E-state index contributed by atoms with van der Waals surface area (Å²) in [5, 5.41) is 6.28. The van der Waals surface area contributed by atoms with Crippen LogP contribution in [0.15, 0.2) is 36.4 Å². The predicted molar refractivity (Wildman–Crippen MR) is 143 cm³/mol. The van der Waals surface area contributed by atoms with Gasteiger partial charge in [0.05, 0.1) is 17.9 Å².